The minimum atomic E-state index is -4.24. The highest BCUT2D eigenvalue weighted by Gasteiger charge is 2.49. The highest BCUT2D eigenvalue weighted by atomic mass is 19.3. The van der Waals surface area contributed by atoms with E-state index in [1.54, 1.807) is 0 Å². The van der Waals surface area contributed by atoms with Crippen molar-refractivity contribution >= 4 is 11.7 Å². The molecule has 0 radical (unpaired) electrons. The molecule has 1 aromatic rings. The van der Waals surface area contributed by atoms with E-state index in [1.807, 2.05) is 0 Å². The van der Waals surface area contributed by atoms with Crippen molar-refractivity contribution in [2.75, 3.05) is 6.61 Å². The van der Waals surface area contributed by atoms with Crippen LogP contribution in [0.3, 0.4) is 0 Å². The van der Waals surface area contributed by atoms with Crippen LogP contribution in [0.4, 0.5) is 14.5 Å². The second-order valence-corrected chi connectivity index (χ2v) is 4.12. The zero-order valence-electron chi connectivity index (χ0n) is 11.2. The second kappa shape index (κ2) is 6.31. The van der Waals surface area contributed by atoms with Crippen LogP contribution in [0.1, 0.15) is 24.1 Å². The quantitative estimate of drug-likeness (QED) is 0.475. The molecule has 1 atom stereocenters. The zero-order valence-corrected chi connectivity index (χ0v) is 11.2. The molecule has 0 aliphatic rings. The molecule has 118 valence electrons. The Morgan fingerprint density at radius 2 is 2.23 bits per heavy atom. The molecule has 10 heteroatoms. The van der Waals surface area contributed by atoms with Crippen molar-refractivity contribution in [2.24, 2.45) is 5.73 Å². The number of carbonyl (C=O) groups excluding carboxylic acids is 1. The van der Waals surface area contributed by atoms with Crippen molar-refractivity contribution in [2.45, 2.75) is 18.9 Å². The molecule has 0 bridgehead atoms. The number of nitrogens with zero attached hydrogens (tertiary/aromatic N) is 2. The van der Waals surface area contributed by atoms with Crippen LogP contribution in [0.5, 0.6) is 5.75 Å². The summed E-state index contributed by atoms with van der Waals surface area (Å²) in [6, 6.07) is 0.553. The minimum Gasteiger partial charge on any atom is -0.502 e. The molecular weight excluding hydrogens is 304 g/mol. The van der Waals surface area contributed by atoms with Gasteiger partial charge in [-0.3, -0.25) is 10.1 Å². The number of hydrogen-bond acceptors (Lipinski definition) is 7. The maximum Gasteiger partial charge on any atom is 0.379 e. The average Bonchev–Trinajstić information content (AvgIpc) is 2.46. The Bertz CT molecular complexity index is 657. The number of nitro benzene ring substituents is 1. The first-order chi connectivity index (χ1) is 10.2. The van der Waals surface area contributed by atoms with E-state index < -0.39 is 39.9 Å². The van der Waals surface area contributed by atoms with Gasteiger partial charge in [-0.05, 0) is 13.0 Å². The number of phenolic OH excluding ortho intramolecular Hbond substituents is 1. The number of alkyl halides is 2. The first kappa shape index (κ1) is 17.3. The second-order valence-electron chi connectivity index (χ2n) is 4.12. The number of aromatic hydroxyl groups is 1. The molecule has 22 heavy (non-hydrogen) atoms. The van der Waals surface area contributed by atoms with E-state index in [9.17, 15) is 28.8 Å². The van der Waals surface area contributed by atoms with Crippen LogP contribution in [0.2, 0.25) is 0 Å². The van der Waals surface area contributed by atoms with Gasteiger partial charge in [0.1, 0.15) is 6.04 Å². The summed E-state index contributed by atoms with van der Waals surface area (Å²) < 4.78 is 31.9. The maximum atomic E-state index is 13.9. The van der Waals surface area contributed by atoms with Gasteiger partial charge in [0.25, 0.3) is 0 Å². The first-order valence-electron chi connectivity index (χ1n) is 5.88. The summed E-state index contributed by atoms with van der Waals surface area (Å²) in [6.07, 6.45) is 0. The number of benzene rings is 1. The van der Waals surface area contributed by atoms with Gasteiger partial charge in [-0.15, -0.1) is 0 Å². The highest BCUT2D eigenvalue weighted by Crippen LogP contribution is 2.40. The first-order valence-corrected chi connectivity index (χ1v) is 5.88. The van der Waals surface area contributed by atoms with Crippen LogP contribution in [-0.4, -0.2) is 28.5 Å². The summed E-state index contributed by atoms with van der Waals surface area (Å²) in [4.78, 5) is 20.9. The fourth-order valence-electron chi connectivity index (χ4n) is 1.63. The molecule has 0 aliphatic heterocycles. The van der Waals surface area contributed by atoms with Crippen molar-refractivity contribution in [3.05, 3.63) is 33.4 Å². The summed E-state index contributed by atoms with van der Waals surface area (Å²) >= 11 is 0. The number of nitro groups is 1. The molecule has 0 heterocycles. The molecule has 0 spiro atoms. The van der Waals surface area contributed by atoms with Gasteiger partial charge in [0.2, 0.25) is 0 Å². The lowest BCUT2D eigenvalue weighted by Crippen LogP contribution is -2.41. The Morgan fingerprint density at radius 1 is 1.64 bits per heavy atom. The molecule has 3 N–H and O–H groups in total. The van der Waals surface area contributed by atoms with Gasteiger partial charge < -0.3 is 15.6 Å². The lowest BCUT2D eigenvalue weighted by molar-refractivity contribution is -0.386. The predicted octanol–water partition coefficient (Wildman–Crippen LogP) is 1.37. The summed E-state index contributed by atoms with van der Waals surface area (Å²) in [5.74, 6) is -7.32. The van der Waals surface area contributed by atoms with E-state index in [4.69, 9.17) is 11.0 Å². The van der Waals surface area contributed by atoms with Gasteiger partial charge >= 0.3 is 17.6 Å². The third-order valence-corrected chi connectivity index (χ3v) is 2.72. The van der Waals surface area contributed by atoms with Crippen molar-refractivity contribution in [1.29, 1.82) is 5.26 Å². The Kier molecular flexibility index (Phi) is 4.95. The van der Waals surface area contributed by atoms with Crippen molar-refractivity contribution in [3.8, 4) is 11.8 Å². The van der Waals surface area contributed by atoms with Crippen molar-refractivity contribution in [3.63, 3.8) is 0 Å². The molecule has 8 nitrogen and oxygen atoms in total. The van der Waals surface area contributed by atoms with E-state index in [-0.39, 0.29) is 12.2 Å². The van der Waals surface area contributed by atoms with Crippen LogP contribution >= 0.6 is 0 Å². The molecule has 1 rings (SSSR count). The smallest absolute Gasteiger partial charge is 0.379 e. The normalized spacial score (nSPS) is 12.3. The number of carbonyl (C=O) groups is 1. The van der Waals surface area contributed by atoms with Crippen molar-refractivity contribution < 1.29 is 28.3 Å². The third-order valence-electron chi connectivity index (χ3n) is 2.72. The van der Waals surface area contributed by atoms with Crippen LogP contribution in [0.15, 0.2) is 12.1 Å². The van der Waals surface area contributed by atoms with Crippen LogP contribution < -0.4 is 5.73 Å². The predicted molar refractivity (Wildman–Crippen MR) is 68.0 cm³/mol. The third kappa shape index (κ3) is 3.09. The molecule has 0 aliphatic carbocycles. The molecule has 0 unspecified atom stereocenters. The van der Waals surface area contributed by atoms with Crippen LogP contribution in [-0.2, 0) is 9.53 Å². The van der Waals surface area contributed by atoms with E-state index in [2.05, 4.69) is 4.74 Å². The lowest BCUT2D eigenvalue weighted by atomic mass is 9.97. The molecule has 0 amide bonds. The van der Waals surface area contributed by atoms with Gasteiger partial charge in [-0.2, -0.15) is 14.0 Å². The van der Waals surface area contributed by atoms with Crippen LogP contribution in [0.25, 0.3) is 0 Å². The summed E-state index contributed by atoms with van der Waals surface area (Å²) in [5.41, 5.74) is 3.12. The SMILES string of the molecule is CCOC(=O)C(F)(F)[C@H](N)c1cc(C#N)cc([N+](=O)[O-])c1O. The molecule has 0 fully saturated rings. The number of esters is 1. The summed E-state index contributed by atoms with van der Waals surface area (Å²) in [5, 5.41) is 29.2. The zero-order chi connectivity index (χ0) is 17.1. The number of phenols is 1. The van der Waals surface area contributed by atoms with Gasteiger partial charge in [-0.1, -0.05) is 0 Å². The summed E-state index contributed by atoms with van der Waals surface area (Å²) in [7, 11) is 0. The lowest BCUT2D eigenvalue weighted by Gasteiger charge is -2.22. The van der Waals surface area contributed by atoms with Gasteiger partial charge in [0.05, 0.1) is 23.2 Å². The van der Waals surface area contributed by atoms with E-state index in [1.165, 1.54) is 13.0 Å². The van der Waals surface area contributed by atoms with Gasteiger partial charge in [0.15, 0.2) is 5.75 Å². The average molecular weight is 315 g/mol. The Labute approximate surface area is 122 Å². The summed E-state index contributed by atoms with van der Waals surface area (Å²) in [6.45, 7) is 0.976. The molecule has 0 saturated carbocycles. The highest BCUT2D eigenvalue weighted by molar-refractivity contribution is 5.79. The number of ether oxygens (including phenoxy) is 1. The van der Waals surface area contributed by atoms with E-state index in [0.717, 1.165) is 6.07 Å². The van der Waals surface area contributed by atoms with Crippen LogP contribution in [0, 0.1) is 21.4 Å². The standard InChI is InChI=1S/C12H11F2N3O5/c1-2-22-11(19)12(13,14)10(16)7-3-6(5-15)4-8(9(7)18)17(20)21/h3-4,10,18H,2,16H2,1H3/t10-/m1/s1. The van der Waals surface area contributed by atoms with E-state index in [0.29, 0.717) is 6.07 Å². The number of nitriles is 1. The fraction of sp³-hybridized carbons (Fsp3) is 0.333. The topological polar surface area (TPSA) is 139 Å². The Balaban J connectivity index is 3.43. The monoisotopic (exact) mass is 315 g/mol. The molecule has 0 saturated heterocycles. The fourth-order valence-corrected chi connectivity index (χ4v) is 1.63. The number of hydrogen-bond donors (Lipinski definition) is 2. The van der Waals surface area contributed by atoms with Gasteiger partial charge in [-0.25, -0.2) is 4.79 Å². The molecular formula is C12H11F2N3O5. The molecule has 1 aromatic carbocycles. The van der Waals surface area contributed by atoms with Gasteiger partial charge in [0, 0.05) is 11.6 Å². The van der Waals surface area contributed by atoms with Crippen molar-refractivity contribution in [1.82, 2.24) is 0 Å². The number of halogens is 2. The Morgan fingerprint density at radius 3 is 2.68 bits per heavy atom. The minimum absolute atomic E-state index is 0.328. The largest absolute Gasteiger partial charge is 0.502 e. The maximum absolute atomic E-state index is 13.9. The number of rotatable bonds is 5. The number of nitrogens with two attached hydrogens (primary N) is 1. The molecule has 0 aromatic heterocycles. The van der Waals surface area contributed by atoms with E-state index >= 15 is 0 Å². The Hall–Kier alpha value is -2.80.